The van der Waals surface area contributed by atoms with Crippen molar-refractivity contribution >= 4 is 26.7 Å². The molecule has 2 aromatic heterocycles. The fourth-order valence-corrected chi connectivity index (χ4v) is 2.99. The van der Waals surface area contributed by atoms with Gasteiger partial charge in [0.15, 0.2) is 5.13 Å². The summed E-state index contributed by atoms with van der Waals surface area (Å²) in [4.78, 5) is 4.26. The summed E-state index contributed by atoms with van der Waals surface area (Å²) in [5.41, 5.74) is 7.94. The number of aromatic nitrogens is 1. The molecule has 0 fully saturated rings. The molecule has 3 aromatic rings. The van der Waals surface area contributed by atoms with Gasteiger partial charge in [0.2, 0.25) is 0 Å². The average Bonchev–Trinajstić information content (AvgIpc) is 3.04. The first-order valence-corrected chi connectivity index (χ1v) is 7.43. The smallest absolute Gasteiger partial charge is 0.181 e. The van der Waals surface area contributed by atoms with Crippen LogP contribution in [0.2, 0.25) is 0 Å². The van der Waals surface area contributed by atoms with Crippen molar-refractivity contribution in [1.82, 2.24) is 10.3 Å². The topological polar surface area (TPSA) is 64.1 Å². The number of furan rings is 1. The van der Waals surface area contributed by atoms with Crippen LogP contribution in [0.1, 0.15) is 18.2 Å². The van der Waals surface area contributed by atoms with Crippen molar-refractivity contribution in [2.45, 2.75) is 25.9 Å². The second kappa shape index (κ2) is 5.64. The molecule has 0 saturated carbocycles. The number of nitrogens with zero attached hydrogens (tertiary/aromatic N) is 1. The summed E-state index contributed by atoms with van der Waals surface area (Å²) in [5, 5.41) is 4.12. The van der Waals surface area contributed by atoms with Crippen molar-refractivity contribution in [3.05, 3.63) is 47.9 Å². The van der Waals surface area contributed by atoms with Gasteiger partial charge in [-0.15, -0.1) is 0 Å². The zero-order valence-corrected chi connectivity index (χ0v) is 12.1. The number of nitrogens with two attached hydrogens (primary N) is 1. The molecule has 3 N–H and O–H groups in total. The van der Waals surface area contributed by atoms with Crippen molar-refractivity contribution < 1.29 is 4.42 Å². The van der Waals surface area contributed by atoms with Gasteiger partial charge in [-0.05, 0) is 36.8 Å². The van der Waals surface area contributed by atoms with E-state index in [-0.39, 0.29) is 0 Å². The second-order valence-electron chi connectivity index (χ2n) is 4.92. The summed E-state index contributed by atoms with van der Waals surface area (Å²) >= 11 is 1.53. The molecule has 0 amide bonds. The summed E-state index contributed by atoms with van der Waals surface area (Å²) < 4.78 is 6.50. The van der Waals surface area contributed by atoms with Gasteiger partial charge in [0, 0.05) is 19.0 Å². The van der Waals surface area contributed by atoms with Gasteiger partial charge >= 0.3 is 0 Å². The third kappa shape index (κ3) is 3.00. The number of fused-ring (bicyclic) bond motifs is 1. The number of thiazole rings is 1. The van der Waals surface area contributed by atoms with Crippen LogP contribution in [0.5, 0.6) is 0 Å². The summed E-state index contributed by atoms with van der Waals surface area (Å²) in [6.45, 7) is 2.99. The molecule has 0 saturated heterocycles. The van der Waals surface area contributed by atoms with Crippen LogP contribution >= 0.6 is 11.3 Å². The molecule has 0 radical (unpaired) electrons. The van der Waals surface area contributed by atoms with E-state index >= 15 is 0 Å². The number of nitrogen functional groups attached to an aromatic ring is 1. The van der Waals surface area contributed by atoms with E-state index in [4.69, 9.17) is 10.2 Å². The van der Waals surface area contributed by atoms with E-state index in [1.807, 2.05) is 18.2 Å². The summed E-state index contributed by atoms with van der Waals surface area (Å²) in [5.74, 6) is 1.01. The Labute approximate surface area is 121 Å². The van der Waals surface area contributed by atoms with Crippen LogP contribution in [0.4, 0.5) is 5.13 Å². The predicted molar refractivity (Wildman–Crippen MR) is 82.7 cm³/mol. The van der Waals surface area contributed by atoms with Crippen LogP contribution in [0.15, 0.2) is 41.0 Å². The van der Waals surface area contributed by atoms with Crippen molar-refractivity contribution in [2.75, 3.05) is 5.73 Å². The van der Waals surface area contributed by atoms with E-state index in [9.17, 15) is 0 Å². The van der Waals surface area contributed by atoms with Gasteiger partial charge in [-0.3, -0.25) is 0 Å². The van der Waals surface area contributed by atoms with E-state index in [1.165, 1.54) is 16.9 Å². The highest BCUT2D eigenvalue weighted by Crippen LogP contribution is 2.24. The molecule has 4 nitrogen and oxygen atoms in total. The third-order valence-corrected chi connectivity index (χ3v) is 4.06. The first kappa shape index (κ1) is 13.1. The quantitative estimate of drug-likeness (QED) is 0.756. The molecular formula is C15H17N3OS. The van der Waals surface area contributed by atoms with Crippen molar-refractivity contribution in [3.8, 4) is 0 Å². The molecule has 0 aliphatic carbocycles. The monoisotopic (exact) mass is 287 g/mol. The Hall–Kier alpha value is -1.85. The van der Waals surface area contributed by atoms with Gasteiger partial charge < -0.3 is 15.5 Å². The molecule has 0 aliphatic rings. The van der Waals surface area contributed by atoms with Gasteiger partial charge in [0.1, 0.15) is 5.76 Å². The minimum atomic E-state index is 0.364. The van der Waals surface area contributed by atoms with Crippen molar-refractivity contribution in [2.24, 2.45) is 0 Å². The number of hydrogen-bond donors (Lipinski definition) is 2. The molecule has 1 unspecified atom stereocenters. The molecular weight excluding hydrogens is 270 g/mol. The van der Waals surface area contributed by atoms with Gasteiger partial charge in [0.25, 0.3) is 0 Å². The Morgan fingerprint density at radius 2 is 2.30 bits per heavy atom. The predicted octanol–water partition coefficient (Wildman–Crippen LogP) is 3.19. The number of benzene rings is 1. The van der Waals surface area contributed by atoms with Gasteiger partial charge in [0.05, 0.1) is 16.5 Å². The van der Waals surface area contributed by atoms with Gasteiger partial charge in [-0.25, -0.2) is 4.98 Å². The molecule has 5 heteroatoms. The molecule has 1 atom stereocenters. The summed E-state index contributed by atoms with van der Waals surface area (Å²) in [6.07, 6.45) is 2.60. The van der Waals surface area contributed by atoms with Crippen LogP contribution in [0.3, 0.4) is 0 Å². The molecule has 104 valence electrons. The van der Waals surface area contributed by atoms with Crippen LogP contribution in [-0.4, -0.2) is 11.0 Å². The number of hydrogen-bond acceptors (Lipinski definition) is 5. The Morgan fingerprint density at radius 1 is 1.40 bits per heavy atom. The van der Waals surface area contributed by atoms with Crippen LogP contribution < -0.4 is 11.1 Å². The Bertz CT molecular complexity index is 690. The van der Waals surface area contributed by atoms with Crippen LogP contribution in [0, 0.1) is 0 Å². The number of nitrogens with one attached hydrogen (secondary N) is 1. The zero-order chi connectivity index (χ0) is 13.9. The minimum absolute atomic E-state index is 0.364. The lowest BCUT2D eigenvalue weighted by Crippen LogP contribution is -2.27. The Balaban J connectivity index is 1.61. The maximum atomic E-state index is 5.72. The van der Waals surface area contributed by atoms with Crippen LogP contribution in [-0.2, 0) is 13.0 Å². The van der Waals surface area contributed by atoms with Crippen molar-refractivity contribution in [3.63, 3.8) is 0 Å². The lowest BCUT2D eigenvalue weighted by atomic mass is 10.1. The highest BCUT2D eigenvalue weighted by molar-refractivity contribution is 7.22. The molecule has 20 heavy (non-hydrogen) atoms. The lowest BCUT2D eigenvalue weighted by molar-refractivity contribution is 0.456. The summed E-state index contributed by atoms with van der Waals surface area (Å²) in [6, 6.07) is 10.6. The standard InChI is InChI=1S/C15H17N3OS/c1-10(7-12-3-2-6-19-12)17-9-11-4-5-13-14(8-11)20-15(16)18-13/h2-6,8,10,17H,7,9H2,1H3,(H2,16,18). The first-order chi connectivity index (χ1) is 9.70. The molecule has 0 spiro atoms. The maximum absolute atomic E-state index is 5.72. The van der Waals surface area contributed by atoms with Gasteiger partial charge in [-0.1, -0.05) is 17.4 Å². The highest BCUT2D eigenvalue weighted by Gasteiger charge is 2.06. The third-order valence-electron chi connectivity index (χ3n) is 3.21. The maximum Gasteiger partial charge on any atom is 0.181 e. The highest BCUT2D eigenvalue weighted by atomic mass is 32.1. The van der Waals surface area contributed by atoms with Crippen molar-refractivity contribution in [1.29, 1.82) is 0 Å². The lowest BCUT2D eigenvalue weighted by Gasteiger charge is -2.12. The number of anilines is 1. The Morgan fingerprint density at radius 3 is 3.10 bits per heavy atom. The molecule has 2 heterocycles. The summed E-state index contributed by atoms with van der Waals surface area (Å²) in [7, 11) is 0. The number of rotatable bonds is 5. The molecule has 1 aromatic carbocycles. The van der Waals surface area contributed by atoms with E-state index in [2.05, 4.69) is 29.4 Å². The normalized spacial score (nSPS) is 12.8. The van der Waals surface area contributed by atoms with Gasteiger partial charge in [-0.2, -0.15) is 0 Å². The van der Waals surface area contributed by atoms with E-state index in [0.29, 0.717) is 11.2 Å². The SMILES string of the molecule is CC(Cc1ccco1)NCc1ccc2nc(N)sc2c1. The van der Waals surface area contributed by atoms with E-state index in [1.54, 1.807) is 6.26 Å². The van der Waals surface area contributed by atoms with E-state index < -0.39 is 0 Å². The minimum Gasteiger partial charge on any atom is -0.469 e. The van der Waals surface area contributed by atoms with Crippen LogP contribution in [0.25, 0.3) is 10.2 Å². The molecule has 0 aliphatic heterocycles. The zero-order valence-electron chi connectivity index (χ0n) is 11.3. The molecule has 3 rings (SSSR count). The second-order valence-corrected chi connectivity index (χ2v) is 5.98. The average molecular weight is 287 g/mol. The van der Waals surface area contributed by atoms with E-state index in [0.717, 1.165) is 28.9 Å². The largest absolute Gasteiger partial charge is 0.469 e. The molecule has 0 bridgehead atoms. The fourth-order valence-electron chi connectivity index (χ4n) is 2.19. The first-order valence-electron chi connectivity index (χ1n) is 6.61. The Kier molecular flexibility index (Phi) is 3.71. The fraction of sp³-hybridized carbons (Fsp3) is 0.267.